The molecule has 6 nitrogen and oxygen atoms in total. The van der Waals surface area contributed by atoms with Crippen molar-refractivity contribution in [3.63, 3.8) is 0 Å². The Balaban J connectivity index is 0.949. The van der Waals surface area contributed by atoms with E-state index in [1.54, 1.807) is 12.1 Å². The van der Waals surface area contributed by atoms with Crippen LogP contribution in [0.3, 0.4) is 0 Å². The fourth-order valence-corrected chi connectivity index (χ4v) is 10.5. The number of fused-ring (bicyclic) bond motifs is 8. The van der Waals surface area contributed by atoms with E-state index in [1.165, 1.54) is 17.7 Å². The van der Waals surface area contributed by atoms with Crippen LogP contribution in [0.5, 0.6) is 11.5 Å². The zero-order valence-electron chi connectivity index (χ0n) is 40.3. The number of hydrogen-bond donors (Lipinski definition) is 0. The van der Waals surface area contributed by atoms with Crippen molar-refractivity contribution in [2.75, 3.05) is 0 Å². The van der Waals surface area contributed by atoms with E-state index in [0.717, 1.165) is 111 Å². The third-order valence-electron chi connectivity index (χ3n) is 14.1. The van der Waals surface area contributed by atoms with Gasteiger partial charge in [-0.15, -0.1) is 0 Å². The fourth-order valence-electron chi connectivity index (χ4n) is 10.5. The molecule has 0 amide bonds. The first-order valence-corrected chi connectivity index (χ1v) is 24.4. The van der Waals surface area contributed by atoms with Crippen molar-refractivity contribution < 1.29 is 18.1 Å². The van der Waals surface area contributed by atoms with Crippen LogP contribution in [0.15, 0.2) is 223 Å². The molecule has 0 saturated heterocycles. The minimum atomic E-state index is -0.271. The Hall–Kier alpha value is -9.07. The van der Waals surface area contributed by atoms with E-state index in [9.17, 15) is 4.39 Å². The Morgan fingerprint density at radius 2 is 1.22 bits per heavy atom. The zero-order chi connectivity index (χ0) is 48.7. The largest absolute Gasteiger partial charge is 0.457 e. The highest BCUT2D eigenvalue weighted by molar-refractivity contribution is 6.24. The Morgan fingerprint density at radius 1 is 0.556 bits per heavy atom. The van der Waals surface area contributed by atoms with Crippen LogP contribution in [0, 0.1) is 12.7 Å². The van der Waals surface area contributed by atoms with Gasteiger partial charge in [-0.2, -0.15) is 9.13 Å². The SMILES string of the molecule is Cc1cc(-n2c3cc(Oc4cccc(-n5c[n+](-c6c(-c7ccccc7)cc(C(C)(C)C)cc6-c6ccccc6)c6ccccc65)c4)ccc3c3c4oc5ccccc5c4ccc32)ncc1-c1ccc(F)cc1. The molecule has 0 spiro atoms. The molecule has 0 unspecified atom stereocenters. The van der Waals surface area contributed by atoms with E-state index in [0.29, 0.717) is 11.5 Å². The first-order valence-electron chi connectivity index (χ1n) is 24.4. The number of ether oxygens (including phenoxy) is 1. The van der Waals surface area contributed by atoms with E-state index in [2.05, 4.69) is 199 Å². The molecule has 0 bridgehead atoms. The summed E-state index contributed by atoms with van der Waals surface area (Å²) in [5.74, 6) is 1.85. The predicted octanol–water partition coefficient (Wildman–Crippen LogP) is 16.8. The lowest BCUT2D eigenvalue weighted by Gasteiger charge is -2.23. The Labute approximate surface area is 416 Å². The number of pyridine rings is 1. The molecule has 0 aliphatic carbocycles. The Morgan fingerprint density at radius 3 is 1.96 bits per heavy atom. The minimum Gasteiger partial charge on any atom is -0.457 e. The number of para-hydroxylation sites is 3. The van der Waals surface area contributed by atoms with E-state index >= 15 is 0 Å². The van der Waals surface area contributed by atoms with Gasteiger partial charge in [0.15, 0.2) is 11.0 Å². The highest BCUT2D eigenvalue weighted by Crippen LogP contribution is 2.43. The van der Waals surface area contributed by atoms with Crippen LogP contribution in [0.4, 0.5) is 4.39 Å². The Kier molecular flexibility index (Phi) is 10.0. The molecule has 346 valence electrons. The van der Waals surface area contributed by atoms with Gasteiger partial charge in [-0.1, -0.05) is 130 Å². The van der Waals surface area contributed by atoms with E-state index in [4.69, 9.17) is 14.1 Å². The van der Waals surface area contributed by atoms with Gasteiger partial charge in [0.1, 0.15) is 45.7 Å². The van der Waals surface area contributed by atoms with E-state index in [1.807, 2.05) is 36.5 Å². The molecular formula is C65H48FN4O2+. The van der Waals surface area contributed by atoms with Crippen molar-refractivity contribution in [2.24, 2.45) is 0 Å². The normalized spacial score (nSPS) is 12.0. The molecule has 0 aliphatic heterocycles. The van der Waals surface area contributed by atoms with Gasteiger partial charge in [0, 0.05) is 51.2 Å². The van der Waals surface area contributed by atoms with Gasteiger partial charge in [0.25, 0.3) is 6.33 Å². The average Bonchev–Trinajstić information content (AvgIpc) is 4.09. The molecule has 0 fully saturated rings. The number of aromatic nitrogens is 4. The summed E-state index contributed by atoms with van der Waals surface area (Å²) < 4.78 is 34.3. The molecular weight excluding hydrogens is 888 g/mol. The molecule has 4 aromatic heterocycles. The quantitative estimate of drug-likeness (QED) is 0.143. The summed E-state index contributed by atoms with van der Waals surface area (Å²) in [6, 6.07) is 70.5. The van der Waals surface area contributed by atoms with Gasteiger partial charge < -0.3 is 9.15 Å². The van der Waals surface area contributed by atoms with Gasteiger partial charge in [-0.3, -0.25) is 4.57 Å². The molecule has 13 rings (SSSR count). The first-order chi connectivity index (χ1) is 35.1. The zero-order valence-corrected chi connectivity index (χ0v) is 40.3. The van der Waals surface area contributed by atoms with Crippen molar-refractivity contribution in [1.82, 2.24) is 14.1 Å². The number of nitrogens with zero attached hydrogens (tertiary/aromatic N) is 4. The van der Waals surface area contributed by atoms with Crippen LogP contribution in [0.1, 0.15) is 31.9 Å². The monoisotopic (exact) mass is 935 g/mol. The summed E-state index contributed by atoms with van der Waals surface area (Å²) in [7, 11) is 0. The topological polar surface area (TPSA) is 49.0 Å². The molecule has 0 radical (unpaired) electrons. The number of halogens is 1. The molecule has 0 atom stereocenters. The second-order valence-corrected chi connectivity index (χ2v) is 19.7. The molecule has 9 aromatic carbocycles. The van der Waals surface area contributed by atoms with Crippen LogP contribution in [-0.4, -0.2) is 14.1 Å². The second-order valence-electron chi connectivity index (χ2n) is 19.7. The van der Waals surface area contributed by atoms with Crippen molar-refractivity contribution in [3.05, 3.63) is 236 Å². The molecule has 4 heterocycles. The summed E-state index contributed by atoms with van der Waals surface area (Å²) >= 11 is 0. The summed E-state index contributed by atoms with van der Waals surface area (Å²) in [5.41, 5.74) is 16.4. The van der Waals surface area contributed by atoms with E-state index in [-0.39, 0.29) is 11.2 Å². The van der Waals surface area contributed by atoms with Gasteiger partial charge in [0.05, 0.1) is 16.4 Å². The molecule has 0 saturated carbocycles. The lowest BCUT2D eigenvalue weighted by atomic mass is 9.82. The first kappa shape index (κ1) is 43.0. The van der Waals surface area contributed by atoms with Crippen molar-refractivity contribution >= 4 is 54.8 Å². The molecule has 13 aromatic rings. The van der Waals surface area contributed by atoms with Crippen molar-refractivity contribution in [3.8, 4) is 62.1 Å². The summed E-state index contributed by atoms with van der Waals surface area (Å²) in [6.45, 7) is 8.92. The minimum absolute atomic E-state index is 0.0827. The summed E-state index contributed by atoms with van der Waals surface area (Å²) in [6.07, 6.45) is 4.09. The fraction of sp³-hybridized carbons (Fsp3) is 0.0769. The molecule has 0 N–H and O–H groups in total. The number of aryl methyl sites for hydroxylation is 1. The maximum Gasteiger partial charge on any atom is 0.255 e. The number of hydrogen-bond acceptors (Lipinski definition) is 3. The highest BCUT2D eigenvalue weighted by atomic mass is 19.1. The smallest absolute Gasteiger partial charge is 0.255 e. The van der Waals surface area contributed by atoms with Crippen molar-refractivity contribution in [2.45, 2.75) is 33.1 Å². The third kappa shape index (κ3) is 7.23. The lowest BCUT2D eigenvalue weighted by molar-refractivity contribution is -0.566. The highest BCUT2D eigenvalue weighted by Gasteiger charge is 2.28. The summed E-state index contributed by atoms with van der Waals surface area (Å²) in [5, 5.41) is 4.14. The number of benzene rings is 9. The predicted molar refractivity (Wildman–Crippen MR) is 290 cm³/mol. The average molecular weight is 936 g/mol. The maximum absolute atomic E-state index is 13.9. The molecule has 72 heavy (non-hydrogen) atoms. The third-order valence-corrected chi connectivity index (χ3v) is 14.1. The second kappa shape index (κ2) is 16.8. The molecule has 7 heteroatoms. The lowest BCUT2D eigenvalue weighted by Crippen LogP contribution is -2.31. The van der Waals surface area contributed by atoms with Crippen LogP contribution >= 0.6 is 0 Å². The van der Waals surface area contributed by atoms with Crippen molar-refractivity contribution in [1.29, 1.82) is 0 Å². The summed E-state index contributed by atoms with van der Waals surface area (Å²) in [4.78, 5) is 5.06. The van der Waals surface area contributed by atoms with Gasteiger partial charge in [-0.05, 0) is 125 Å². The van der Waals surface area contributed by atoms with Gasteiger partial charge in [-0.25, -0.2) is 9.37 Å². The molecule has 0 aliphatic rings. The van der Waals surface area contributed by atoms with Crippen LogP contribution in [0.25, 0.3) is 105 Å². The van der Waals surface area contributed by atoms with Gasteiger partial charge in [0.2, 0.25) is 0 Å². The maximum atomic E-state index is 13.9. The van der Waals surface area contributed by atoms with E-state index < -0.39 is 0 Å². The Bertz CT molecular complexity index is 4180. The van der Waals surface area contributed by atoms with Crippen LogP contribution < -0.4 is 9.30 Å². The number of rotatable bonds is 8. The van der Waals surface area contributed by atoms with Gasteiger partial charge >= 0.3 is 0 Å². The number of imidazole rings is 1. The van der Waals surface area contributed by atoms with Crippen LogP contribution in [-0.2, 0) is 5.41 Å². The number of furan rings is 1. The standard InChI is InChI=1S/C65H48FN4O2/c1-41-34-61(67-39-55(41)44-26-28-46(66)29-27-44)70-58-33-32-51-50-22-11-14-25-60(50)72-64(51)62(58)52-31-30-49(38-59(52)70)71-48-21-15-20-47(37-48)68-40-69(57-24-13-12-23-56(57)68)63-53(42-16-7-5-8-17-42)35-45(65(2,3)4)36-54(63)43-18-9-6-10-19-43/h5-40H,1-4H3/q+1. The van der Waals surface area contributed by atoms with Crippen LogP contribution in [0.2, 0.25) is 0 Å².